The van der Waals surface area contributed by atoms with E-state index in [-0.39, 0.29) is 22.7 Å². The zero-order valence-electron chi connectivity index (χ0n) is 21.2. The molecular weight excluding hydrogens is 534 g/mol. The number of ether oxygens (including phenoxy) is 1. The molecule has 0 aromatic carbocycles. The van der Waals surface area contributed by atoms with Crippen molar-refractivity contribution in [1.29, 1.82) is 5.26 Å². The summed E-state index contributed by atoms with van der Waals surface area (Å²) in [6.07, 6.45) is -1.27. The van der Waals surface area contributed by atoms with Crippen molar-refractivity contribution < 1.29 is 32.2 Å². The number of carbonyl (C=O) groups is 1. The lowest BCUT2D eigenvalue weighted by molar-refractivity contribution is -0.153. The highest BCUT2D eigenvalue weighted by atomic mass is 19.4. The number of anilines is 2. The van der Waals surface area contributed by atoms with Gasteiger partial charge in [0.1, 0.15) is 18.0 Å². The van der Waals surface area contributed by atoms with Gasteiger partial charge in [-0.2, -0.15) is 23.5 Å². The van der Waals surface area contributed by atoms with E-state index < -0.39 is 37.0 Å². The van der Waals surface area contributed by atoms with E-state index in [1.165, 1.54) is 49.1 Å². The highest BCUT2D eigenvalue weighted by Crippen LogP contribution is 2.29. The summed E-state index contributed by atoms with van der Waals surface area (Å²) in [6, 6.07) is 9.84. The van der Waals surface area contributed by atoms with Crippen LogP contribution in [0.3, 0.4) is 0 Å². The number of nitriles is 1. The van der Waals surface area contributed by atoms with Gasteiger partial charge in [-0.3, -0.25) is 14.8 Å². The summed E-state index contributed by atoms with van der Waals surface area (Å²) >= 11 is 0. The van der Waals surface area contributed by atoms with Crippen LogP contribution in [0.4, 0.5) is 28.9 Å². The number of alkyl halides is 4. The Bertz CT molecular complexity index is 1580. The van der Waals surface area contributed by atoms with Gasteiger partial charge >= 0.3 is 6.18 Å². The van der Waals surface area contributed by atoms with E-state index in [9.17, 15) is 27.5 Å². The number of nitrogens with one attached hydrogen (secondary N) is 2. The van der Waals surface area contributed by atoms with Crippen LogP contribution in [0.25, 0.3) is 16.9 Å². The molecule has 1 unspecified atom stereocenters. The SMILES string of the molecule is CC(C)(O)C(F)CNC(=O)c1cnc(-c2ccc3cc(C#N)cnn23)cc1Nc1cncc(OCC(F)(F)F)c1. The molecule has 1 amide bonds. The van der Waals surface area contributed by atoms with E-state index >= 15 is 0 Å². The van der Waals surface area contributed by atoms with Crippen LogP contribution in [0.5, 0.6) is 5.75 Å². The average Bonchev–Trinajstić information content (AvgIpc) is 3.33. The topological polar surface area (TPSA) is 137 Å². The van der Waals surface area contributed by atoms with Crippen molar-refractivity contribution in [3.8, 4) is 23.2 Å². The number of amides is 1. The number of hydrogen-bond donors (Lipinski definition) is 3. The standard InChI is InChI=1S/C26H23F4N7O3/c1-25(2,39)23(27)13-34-24(38)19-12-33-21(22-4-3-17-5-15(8-31)9-35-37(17)22)7-20(19)36-16-6-18(11-32-10-16)40-14-26(28,29)30/h3-7,9-12,23,39H,13-14H2,1-2H3,(H,33,36)(H,34,38). The van der Waals surface area contributed by atoms with Crippen LogP contribution in [-0.4, -0.2) is 61.7 Å². The molecule has 208 valence electrons. The maximum Gasteiger partial charge on any atom is 0.422 e. The number of nitrogens with zero attached hydrogens (tertiary/aromatic N) is 5. The maximum absolute atomic E-state index is 14.3. The van der Waals surface area contributed by atoms with Crippen LogP contribution in [0.15, 0.2) is 55.1 Å². The van der Waals surface area contributed by atoms with Crippen molar-refractivity contribution in [2.24, 2.45) is 0 Å². The van der Waals surface area contributed by atoms with Gasteiger partial charge in [0.2, 0.25) is 0 Å². The van der Waals surface area contributed by atoms with Gasteiger partial charge in [0.15, 0.2) is 6.61 Å². The minimum Gasteiger partial charge on any atom is -0.482 e. The smallest absolute Gasteiger partial charge is 0.422 e. The zero-order chi connectivity index (χ0) is 29.1. The number of hydrogen-bond acceptors (Lipinski definition) is 8. The Morgan fingerprint density at radius 2 is 1.95 bits per heavy atom. The Morgan fingerprint density at radius 3 is 2.65 bits per heavy atom. The summed E-state index contributed by atoms with van der Waals surface area (Å²) in [6.45, 7) is 0.534. The van der Waals surface area contributed by atoms with E-state index in [2.05, 4.69) is 25.7 Å². The Hall–Kier alpha value is -4.77. The van der Waals surface area contributed by atoms with Crippen LogP contribution in [0.2, 0.25) is 0 Å². The molecule has 4 aromatic rings. The lowest BCUT2D eigenvalue weighted by atomic mass is 10.0. The van der Waals surface area contributed by atoms with Crippen LogP contribution in [-0.2, 0) is 0 Å². The fourth-order valence-electron chi connectivity index (χ4n) is 3.55. The second kappa shape index (κ2) is 11.1. The highest BCUT2D eigenvalue weighted by Gasteiger charge is 2.29. The predicted octanol–water partition coefficient (Wildman–Crippen LogP) is 4.19. The minimum absolute atomic E-state index is 0.0195. The number of fused-ring (bicyclic) bond motifs is 1. The summed E-state index contributed by atoms with van der Waals surface area (Å²) in [5.41, 5.74) is 0.501. The number of halogens is 4. The Balaban J connectivity index is 1.69. The summed E-state index contributed by atoms with van der Waals surface area (Å²) in [7, 11) is 0. The number of carbonyl (C=O) groups excluding carboxylic acids is 1. The van der Waals surface area contributed by atoms with Gasteiger partial charge < -0.3 is 20.5 Å². The van der Waals surface area contributed by atoms with E-state index in [0.29, 0.717) is 22.5 Å². The average molecular weight is 558 g/mol. The molecule has 40 heavy (non-hydrogen) atoms. The Labute approximate surface area is 225 Å². The van der Waals surface area contributed by atoms with E-state index in [1.807, 2.05) is 6.07 Å². The first-order valence-corrected chi connectivity index (χ1v) is 11.8. The molecular formula is C26H23F4N7O3. The Kier molecular flexibility index (Phi) is 7.87. The van der Waals surface area contributed by atoms with Crippen molar-refractivity contribution in [3.63, 3.8) is 0 Å². The molecule has 4 rings (SSSR count). The molecule has 14 heteroatoms. The van der Waals surface area contributed by atoms with Crippen molar-refractivity contribution >= 4 is 22.8 Å². The predicted molar refractivity (Wildman–Crippen MR) is 136 cm³/mol. The van der Waals surface area contributed by atoms with Gasteiger partial charge in [0.25, 0.3) is 5.91 Å². The number of aliphatic hydroxyl groups is 1. The van der Waals surface area contributed by atoms with Gasteiger partial charge in [0.05, 0.1) is 70.1 Å². The first-order chi connectivity index (χ1) is 18.8. The molecule has 10 nitrogen and oxygen atoms in total. The van der Waals surface area contributed by atoms with Gasteiger partial charge in [0, 0.05) is 12.3 Å². The van der Waals surface area contributed by atoms with Crippen molar-refractivity contribution in [3.05, 3.63) is 66.2 Å². The third kappa shape index (κ3) is 6.80. The van der Waals surface area contributed by atoms with Crippen molar-refractivity contribution in [2.45, 2.75) is 31.8 Å². The third-order valence-corrected chi connectivity index (χ3v) is 5.64. The summed E-state index contributed by atoms with van der Waals surface area (Å²) in [5.74, 6) is -0.883. The fraction of sp³-hybridized carbons (Fsp3) is 0.269. The molecule has 0 radical (unpaired) electrons. The third-order valence-electron chi connectivity index (χ3n) is 5.64. The maximum atomic E-state index is 14.3. The largest absolute Gasteiger partial charge is 0.482 e. The van der Waals surface area contributed by atoms with Crippen molar-refractivity contribution in [1.82, 2.24) is 24.9 Å². The molecule has 0 aliphatic carbocycles. The molecule has 4 heterocycles. The summed E-state index contributed by atoms with van der Waals surface area (Å²) in [4.78, 5) is 21.2. The van der Waals surface area contributed by atoms with Crippen LogP contribution in [0.1, 0.15) is 29.8 Å². The van der Waals surface area contributed by atoms with Crippen molar-refractivity contribution in [2.75, 3.05) is 18.5 Å². The second-order valence-corrected chi connectivity index (χ2v) is 9.30. The number of rotatable bonds is 9. The Morgan fingerprint density at radius 1 is 1.18 bits per heavy atom. The van der Waals surface area contributed by atoms with Gasteiger partial charge in [-0.15, -0.1) is 0 Å². The molecule has 0 saturated heterocycles. The first-order valence-electron chi connectivity index (χ1n) is 11.8. The molecule has 1 atom stereocenters. The molecule has 0 spiro atoms. The molecule has 0 aliphatic rings. The monoisotopic (exact) mass is 557 g/mol. The van der Waals surface area contributed by atoms with E-state index in [4.69, 9.17) is 10.00 Å². The summed E-state index contributed by atoms with van der Waals surface area (Å²) < 4.78 is 58.3. The molecule has 0 fully saturated rings. The van der Waals surface area contributed by atoms with Crippen LogP contribution < -0.4 is 15.4 Å². The lowest BCUT2D eigenvalue weighted by Gasteiger charge is -2.22. The van der Waals surface area contributed by atoms with Crippen LogP contribution >= 0.6 is 0 Å². The molecule has 0 aliphatic heterocycles. The minimum atomic E-state index is -4.55. The first kappa shape index (κ1) is 28.2. The fourth-order valence-corrected chi connectivity index (χ4v) is 3.55. The van der Waals surface area contributed by atoms with Crippen LogP contribution in [0, 0.1) is 11.3 Å². The van der Waals surface area contributed by atoms with E-state index in [0.717, 1.165) is 6.20 Å². The molecule has 0 bridgehead atoms. The zero-order valence-corrected chi connectivity index (χ0v) is 21.2. The number of aromatic nitrogens is 4. The molecule has 0 saturated carbocycles. The lowest BCUT2D eigenvalue weighted by Crippen LogP contribution is -2.42. The summed E-state index contributed by atoms with van der Waals surface area (Å²) in [5, 5.41) is 28.6. The van der Waals surface area contributed by atoms with Gasteiger partial charge in [-0.05, 0) is 38.1 Å². The van der Waals surface area contributed by atoms with E-state index in [1.54, 1.807) is 18.2 Å². The number of pyridine rings is 2. The van der Waals surface area contributed by atoms with Gasteiger partial charge in [-0.25, -0.2) is 8.91 Å². The normalized spacial score (nSPS) is 12.6. The molecule has 3 N–H and O–H groups in total. The highest BCUT2D eigenvalue weighted by molar-refractivity contribution is 6.00. The molecule has 4 aromatic heterocycles. The van der Waals surface area contributed by atoms with Gasteiger partial charge in [-0.1, -0.05) is 0 Å². The second-order valence-electron chi connectivity index (χ2n) is 9.30. The quantitative estimate of drug-likeness (QED) is 0.261.